The molecule has 0 saturated heterocycles. The minimum atomic E-state index is -4.12. The molecule has 1 aliphatic carbocycles. The van der Waals surface area contributed by atoms with Crippen LogP contribution in [0.25, 0.3) is 0 Å². The Morgan fingerprint density at radius 3 is 2.10 bits per heavy atom. The van der Waals surface area contributed by atoms with Crippen LogP contribution in [0, 0.1) is 0 Å². The molecule has 3 aromatic rings. The maximum absolute atomic E-state index is 13.2. The second kappa shape index (κ2) is 7.49. The highest BCUT2D eigenvalue weighted by atomic mass is 79.9. The van der Waals surface area contributed by atoms with Gasteiger partial charge in [-0.15, -0.1) is 0 Å². The molecule has 7 heteroatoms. The van der Waals surface area contributed by atoms with Crippen molar-refractivity contribution in [2.45, 2.75) is 24.7 Å². The van der Waals surface area contributed by atoms with Gasteiger partial charge < -0.3 is 0 Å². The summed E-state index contributed by atoms with van der Waals surface area (Å²) in [4.78, 5) is 25.8. The molecule has 5 nitrogen and oxygen atoms in total. The van der Waals surface area contributed by atoms with Gasteiger partial charge in [-0.1, -0.05) is 56.3 Å². The summed E-state index contributed by atoms with van der Waals surface area (Å²) >= 11 is 3.41. The van der Waals surface area contributed by atoms with E-state index in [9.17, 15) is 18.0 Å². The van der Waals surface area contributed by atoms with Crippen LogP contribution in [0.5, 0.6) is 0 Å². The number of sulfonamides is 1. The Balaban J connectivity index is 1.81. The third-order valence-corrected chi connectivity index (χ3v) is 7.17. The first kappa shape index (κ1) is 20.5. The van der Waals surface area contributed by atoms with Crippen molar-refractivity contribution in [2.75, 3.05) is 4.72 Å². The van der Waals surface area contributed by atoms with Gasteiger partial charge in [0.15, 0.2) is 11.6 Å². The minimum absolute atomic E-state index is 0.0933. The summed E-state index contributed by atoms with van der Waals surface area (Å²) in [5.74, 6) is -0.549. The molecule has 0 heterocycles. The summed E-state index contributed by atoms with van der Waals surface area (Å²) in [5.41, 5.74) is 1.90. The second-order valence-corrected chi connectivity index (χ2v) is 9.89. The maximum atomic E-state index is 13.2. The van der Waals surface area contributed by atoms with Crippen molar-refractivity contribution >= 4 is 43.2 Å². The molecule has 30 heavy (non-hydrogen) atoms. The zero-order valence-electron chi connectivity index (χ0n) is 16.3. The van der Waals surface area contributed by atoms with Gasteiger partial charge in [-0.05, 0) is 45.6 Å². The van der Waals surface area contributed by atoms with Crippen molar-refractivity contribution in [3.8, 4) is 0 Å². The van der Waals surface area contributed by atoms with Crippen LogP contribution in [-0.4, -0.2) is 20.0 Å². The highest BCUT2D eigenvalue weighted by molar-refractivity contribution is 9.10. The number of ketones is 2. The van der Waals surface area contributed by atoms with Gasteiger partial charge in [-0.3, -0.25) is 14.3 Å². The van der Waals surface area contributed by atoms with Crippen LogP contribution < -0.4 is 4.72 Å². The number of carbonyl (C=O) groups is 2. The quantitative estimate of drug-likeness (QED) is 0.435. The summed E-state index contributed by atoms with van der Waals surface area (Å²) in [6.07, 6.45) is 0. The fourth-order valence-corrected chi connectivity index (χ4v) is 5.44. The minimum Gasteiger partial charge on any atom is -0.289 e. The maximum Gasteiger partial charge on any atom is 0.262 e. The van der Waals surface area contributed by atoms with E-state index < -0.39 is 15.8 Å². The Bertz CT molecular complexity index is 1310. The van der Waals surface area contributed by atoms with Crippen LogP contribution in [0.1, 0.15) is 57.2 Å². The molecule has 0 amide bonds. The van der Waals surface area contributed by atoms with Gasteiger partial charge in [0.05, 0.1) is 16.1 Å². The molecule has 0 saturated carbocycles. The number of carbonyl (C=O) groups excluding carboxylic acids is 2. The van der Waals surface area contributed by atoms with E-state index in [2.05, 4.69) is 20.7 Å². The van der Waals surface area contributed by atoms with Crippen molar-refractivity contribution in [3.05, 3.63) is 93.0 Å². The molecule has 1 aliphatic rings. The van der Waals surface area contributed by atoms with Crippen LogP contribution in [0.3, 0.4) is 0 Å². The van der Waals surface area contributed by atoms with Crippen LogP contribution >= 0.6 is 15.9 Å². The molecule has 152 valence electrons. The second-order valence-electron chi connectivity index (χ2n) is 7.38. The van der Waals surface area contributed by atoms with Crippen LogP contribution in [0.2, 0.25) is 0 Å². The molecule has 1 N–H and O–H groups in total. The molecule has 3 aromatic carbocycles. The van der Waals surface area contributed by atoms with Crippen LogP contribution in [0.4, 0.5) is 5.69 Å². The van der Waals surface area contributed by atoms with Crippen LogP contribution in [0.15, 0.2) is 70.0 Å². The summed E-state index contributed by atoms with van der Waals surface area (Å²) in [6.45, 7) is 4.09. The Labute approximate surface area is 183 Å². The van der Waals surface area contributed by atoms with Crippen molar-refractivity contribution in [1.29, 1.82) is 0 Å². The predicted molar refractivity (Wildman–Crippen MR) is 119 cm³/mol. The van der Waals surface area contributed by atoms with Gasteiger partial charge in [0.2, 0.25) is 0 Å². The van der Waals surface area contributed by atoms with E-state index >= 15 is 0 Å². The van der Waals surface area contributed by atoms with Crippen LogP contribution in [-0.2, 0) is 10.0 Å². The number of hydrogen-bond acceptors (Lipinski definition) is 4. The van der Waals surface area contributed by atoms with Crippen molar-refractivity contribution in [2.24, 2.45) is 0 Å². The first-order chi connectivity index (χ1) is 14.2. The third-order valence-electron chi connectivity index (χ3n) is 5.11. The Morgan fingerprint density at radius 2 is 1.47 bits per heavy atom. The lowest BCUT2D eigenvalue weighted by molar-refractivity contribution is 0.0976. The fourth-order valence-electron chi connectivity index (χ4n) is 3.51. The van der Waals surface area contributed by atoms with E-state index in [0.29, 0.717) is 10.2 Å². The lowest BCUT2D eigenvalue weighted by atomic mass is 9.84. The molecule has 0 unspecified atom stereocenters. The molecule has 0 spiro atoms. The predicted octanol–water partition coefficient (Wildman–Crippen LogP) is 5.15. The topological polar surface area (TPSA) is 80.3 Å². The van der Waals surface area contributed by atoms with Gasteiger partial charge in [-0.2, -0.15) is 0 Å². The molecular formula is C23H18BrNO4S. The number of anilines is 1. The normalized spacial score (nSPS) is 13.2. The number of rotatable bonds is 4. The average molecular weight is 484 g/mol. The lowest BCUT2D eigenvalue weighted by Crippen LogP contribution is -2.25. The molecule has 0 atom stereocenters. The highest BCUT2D eigenvalue weighted by Crippen LogP contribution is 2.34. The van der Waals surface area contributed by atoms with E-state index in [1.54, 1.807) is 24.3 Å². The lowest BCUT2D eigenvalue weighted by Gasteiger charge is -2.20. The summed E-state index contributed by atoms with van der Waals surface area (Å²) in [5, 5.41) is 0. The highest BCUT2D eigenvalue weighted by Gasteiger charge is 2.34. The van der Waals surface area contributed by atoms with E-state index in [1.165, 1.54) is 24.3 Å². The van der Waals surface area contributed by atoms with Gasteiger partial charge in [0, 0.05) is 21.2 Å². The molecular weight excluding hydrogens is 466 g/mol. The summed E-state index contributed by atoms with van der Waals surface area (Å²) in [7, 11) is -4.12. The Hall–Kier alpha value is -2.77. The first-order valence-electron chi connectivity index (χ1n) is 9.34. The summed E-state index contributed by atoms with van der Waals surface area (Å²) in [6, 6.07) is 16.1. The number of fused-ring (bicyclic) bond motifs is 2. The molecule has 0 aliphatic heterocycles. The molecule has 0 bridgehead atoms. The third kappa shape index (κ3) is 3.38. The molecule has 0 aromatic heterocycles. The molecule has 0 fully saturated rings. The summed E-state index contributed by atoms with van der Waals surface area (Å²) < 4.78 is 29.6. The number of benzene rings is 3. The van der Waals surface area contributed by atoms with E-state index in [0.717, 1.165) is 5.56 Å². The monoisotopic (exact) mass is 483 g/mol. The number of nitrogens with one attached hydrogen (secondary N) is 1. The van der Waals surface area contributed by atoms with Gasteiger partial charge in [-0.25, -0.2) is 8.42 Å². The largest absolute Gasteiger partial charge is 0.289 e. The SMILES string of the molecule is CC(C)c1ccc(NS(=O)(=O)c2cccc3c2C(=O)c2ccccc2C3=O)c(Br)c1. The zero-order valence-corrected chi connectivity index (χ0v) is 18.7. The number of hydrogen-bond donors (Lipinski definition) is 1. The first-order valence-corrected chi connectivity index (χ1v) is 11.6. The Morgan fingerprint density at radius 1 is 0.833 bits per heavy atom. The molecule has 0 radical (unpaired) electrons. The van der Waals surface area contributed by atoms with E-state index in [1.807, 2.05) is 26.0 Å². The fraction of sp³-hybridized carbons (Fsp3) is 0.130. The van der Waals surface area contributed by atoms with Gasteiger partial charge >= 0.3 is 0 Å². The van der Waals surface area contributed by atoms with E-state index in [-0.39, 0.29) is 38.9 Å². The van der Waals surface area contributed by atoms with Crippen molar-refractivity contribution in [3.63, 3.8) is 0 Å². The van der Waals surface area contributed by atoms with Gasteiger partial charge in [0.1, 0.15) is 0 Å². The average Bonchev–Trinajstić information content (AvgIpc) is 2.72. The van der Waals surface area contributed by atoms with Gasteiger partial charge in [0.25, 0.3) is 10.0 Å². The standard InChI is InChI=1S/C23H18BrNO4S/c1-13(2)14-10-11-19(18(24)12-14)25-30(28,29)20-9-5-8-17-21(20)23(27)16-7-4-3-6-15(16)22(17)26/h3-13,25H,1-2H3. The van der Waals surface area contributed by atoms with Crippen molar-refractivity contribution < 1.29 is 18.0 Å². The number of halogens is 1. The van der Waals surface area contributed by atoms with E-state index in [4.69, 9.17) is 0 Å². The Kier molecular flexibility index (Phi) is 5.11. The van der Waals surface area contributed by atoms with Crippen molar-refractivity contribution in [1.82, 2.24) is 0 Å². The smallest absolute Gasteiger partial charge is 0.262 e. The molecule has 4 rings (SSSR count). The zero-order chi connectivity index (χ0) is 21.6.